The van der Waals surface area contributed by atoms with Gasteiger partial charge in [-0.15, -0.1) is 0 Å². The van der Waals surface area contributed by atoms with Crippen LogP contribution in [0, 0.1) is 0 Å². The van der Waals surface area contributed by atoms with Crippen molar-refractivity contribution in [3.05, 3.63) is 218 Å². The Morgan fingerprint density at radius 1 is 0.424 bits per heavy atom. The van der Waals surface area contributed by atoms with E-state index in [1.165, 1.54) is 5.39 Å². The van der Waals surface area contributed by atoms with E-state index < -0.39 is 0 Å². The fraction of sp³-hybridized carbons (Fsp3) is 0. The molecule has 0 fully saturated rings. The predicted octanol–water partition coefficient (Wildman–Crippen LogP) is 15.8. The van der Waals surface area contributed by atoms with Gasteiger partial charge in [0, 0.05) is 38.6 Å². The van der Waals surface area contributed by atoms with Crippen LogP contribution in [0.3, 0.4) is 0 Å². The molecule has 0 radical (unpaired) electrons. The normalized spacial score (nSPS) is 12.7. The Morgan fingerprint density at radius 2 is 1.10 bits per heavy atom. The number of rotatable bonds is 6. The van der Waals surface area contributed by atoms with Crippen LogP contribution >= 0.6 is 0 Å². The lowest BCUT2D eigenvalue weighted by Crippen LogP contribution is -2.10. The van der Waals surface area contributed by atoms with Crippen LogP contribution in [0.2, 0.25) is 0 Å². The van der Waals surface area contributed by atoms with Gasteiger partial charge in [-0.25, -0.2) is 0 Å². The molecule has 0 spiro atoms. The monoisotopic (exact) mass is 756 g/mol. The average Bonchev–Trinajstić information content (AvgIpc) is 3.90. The van der Waals surface area contributed by atoms with Gasteiger partial charge in [-0.2, -0.15) is 0 Å². The lowest BCUT2D eigenvalue weighted by Gasteiger charge is -2.26. The number of furan rings is 1. The lowest BCUT2D eigenvalue weighted by molar-refractivity contribution is 0.672. The molecule has 3 nitrogen and oxygen atoms in total. The summed E-state index contributed by atoms with van der Waals surface area (Å²) in [6, 6.07) is 64.7. The summed E-state index contributed by atoms with van der Waals surface area (Å²) in [5, 5.41) is 7.91. The Hall–Kier alpha value is -7.88. The summed E-state index contributed by atoms with van der Waals surface area (Å²) >= 11 is 0. The van der Waals surface area contributed by atoms with Crippen molar-refractivity contribution in [3.63, 3.8) is 0 Å². The second-order valence-electron chi connectivity index (χ2n) is 15.0. The fourth-order valence-corrected chi connectivity index (χ4v) is 8.92. The molecule has 0 bridgehead atoms. The van der Waals surface area contributed by atoms with Gasteiger partial charge >= 0.3 is 0 Å². The highest BCUT2D eigenvalue weighted by Gasteiger charge is 2.21. The van der Waals surface area contributed by atoms with Gasteiger partial charge < -0.3 is 13.9 Å². The highest BCUT2D eigenvalue weighted by Crippen LogP contribution is 2.46. The zero-order valence-electron chi connectivity index (χ0n) is 35.8. The number of aromatic nitrogens is 1. The lowest BCUT2D eigenvalue weighted by atomic mass is 9.98. The van der Waals surface area contributed by atoms with E-state index in [-0.39, 0.29) is 35.4 Å². The van der Waals surface area contributed by atoms with Gasteiger partial charge in [-0.3, -0.25) is 0 Å². The predicted molar refractivity (Wildman–Crippen MR) is 249 cm³/mol. The molecule has 2 aromatic heterocycles. The fourth-order valence-electron chi connectivity index (χ4n) is 8.92. The molecule has 3 heteroatoms. The highest BCUT2D eigenvalue weighted by molar-refractivity contribution is 6.20. The molecule has 0 aliphatic carbocycles. The maximum Gasteiger partial charge on any atom is 0.143 e. The van der Waals surface area contributed by atoms with E-state index >= 15 is 0 Å². The maximum atomic E-state index is 9.90. The van der Waals surface area contributed by atoms with E-state index in [1.54, 1.807) is 0 Å². The van der Waals surface area contributed by atoms with Crippen molar-refractivity contribution in [2.45, 2.75) is 0 Å². The molecule has 10 aromatic carbocycles. The van der Waals surface area contributed by atoms with Gasteiger partial charge in [0.1, 0.15) is 11.2 Å². The number of hydrogen-bond acceptors (Lipinski definition) is 2. The standard InChI is InChI=1S/C56H36N2O/c1-2-15-43(16-3-1)58-50-20-9-8-18-48(50)54-46(19-10-21-51(54)58)40-28-33-45(34-29-40)57(44-31-26-38(27-32-44)42-25-24-37-12-4-5-14-41(37)36-42)52-22-11-23-53-55(52)49-35-30-39-13-6-7-17-47(39)56(49)59-53/h1-36H/i28D,29D,33D,34D. The number of fused-ring (bicyclic) bond motifs is 9. The maximum absolute atomic E-state index is 9.90. The molecule has 0 atom stereocenters. The molecule has 12 aromatic rings. The average molecular weight is 757 g/mol. The molecule has 2 heterocycles. The quantitative estimate of drug-likeness (QED) is 0.168. The van der Waals surface area contributed by atoms with Gasteiger partial charge in [0.25, 0.3) is 0 Å². The van der Waals surface area contributed by atoms with Crippen LogP contribution in [-0.2, 0) is 0 Å². The summed E-state index contributed by atoms with van der Waals surface area (Å²) < 4.78 is 48.2. The van der Waals surface area contributed by atoms with Gasteiger partial charge in [-0.1, -0.05) is 146 Å². The van der Waals surface area contributed by atoms with E-state index in [2.05, 4.69) is 102 Å². The topological polar surface area (TPSA) is 21.3 Å². The van der Waals surface area contributed by atoms with Crippen LogP contribution in [-0.4, -0.2) is 4.57 Å². The summed E-state index contributed by atoms with van der Waals surface area (Å²) in [7, 11) is 0. The van der Waals surface area contributed by atoms with Crippen LogP contribution in [0.25, 0.3) is 93.2 Å². The van der Waals surface area contributed by atoms with E-state index in [9.17, 15) is 5.48 Å². The summed E-state index contributed by atoms with van der Waals surface area (Å²) in [6.45, 7) is 0. The van der Waals surface area contributed by atoms with Crippen molar-refractivity contribution in [1.82, 2.24) is 4.57 Å². The largest absolute Gasteiger partial charge is 0.455 e. The molecule has 0 amide bonds. The van der Waals surface area contributed by atoms with Crippen LogP contribution < -0.4 is 4.90 Å². The number of benzene rings is 10. The minimum atomic E-state index is -0.149. The van der Waals surface area contributed by atoms with E-state index in [4.69, 9.17) is 4.42 Å². The first kappa shape index (κ1) is 29.4. The molecular formula is C56H36N2O. The van der Waals surface area contributed by atoms with Crippen LogP contribution in [0.4, 0.5) is 17.1 Å². The molecule has 0 unspecified atom stereocenters. The second kappa shape index (κ2) is 13.4. The molecule has 0 saturated carbocycles. The van der Waals surface area contributed by atoms with Crippen molar-refractivity contribution >= 4 is 82.4 Å². The van der Waals surface area contributed by atoms with Gasteiger partial charge in [0.15, 0.2) is 0 Å². The van der Waals surface area contributed by atoms with Crippen LogP contribution in [0.5, 0.6) is 0 Å². The molecular weight excluding hydrogens is 717 g/mol. The van der Waals surface area contributed by atoms with Crippen molar-refractivity contribution in [2.24, 2.45) is 0 Å². The molecule has 59 heavy (non-hydrogen) atoms. The number of anilines is 3. The van der Waals surface area contributed by atoms with E-state index in [1.807, 2.05) is 102 Å². The van der Waals surface area contributed by atoms with Crippen LogP contribution in [0.15, 0.2) is 223 Å². The third-order valence-electron chi connectivity index (χ3n) is 11.6. The molecule has 276 valence electrons. The summed E-state index contributed by atoms with van der Waals surface area (Å²) in [4.78, 5) is 1.88. The Kier molecular flexibility index (Phi) is 6.65. The zero-order chi connectivity index (χ0) is 42.3. The molecule has 0 N–H and O–H groups in total. The van der Waals surface area contributed by atoms with Crippen molar-refractivity contribution in [1.29, 1.82) is 0 Å². The Bertz CT molecular complexity index is 3770. The number of nitrogens with zero attached hydrogens (tertiary/aromatic N) is 2. The SMILES string of the molecule is [2H]c1c([2H])c(N(c2ccc(-c3ccc4ccccc4c3)cc2)c2cccc3oc4c5ccccc5ccc4c23)c([2H])c([2H])c1-c1cccc2c1c1ccccc1n2-c1ccccc1. The smallest absolute Gasteiger partial charge is 0.143 e. The Morgan fingerprint density at radius 3 is 1.95 bits per heavy atom. The summed E-state index contributed by atoms with van der Waals surface area (Å²) in [5.74, 6) is 0. The van der Waals surface area contributed by atoms with Crippen molar-refractivity contribution < 1.29 is 9.90 Å². The Balaban J connectivity index is 1.10. The van der Waals surface area contributed by atoms with E-state index in [0.29, 0.717) is 22.5 Å². The minimum Gasteiger partial charge on any atom is -0.455 e. The highest BCUT2D eigenvalue weighted by atomic mass is 16.3. The molecule has 0 saturated heterocycles. The molecule has 0 aliphatic heterocycles. The van der Waals surface area contributed by atoms with Gasteiger partial charge in [-0.05, 0) is 111 Å². The first-order valence-corrected chi connectivity index (χ1v) is 19.9. The second-order valence-corrected chi connectivity index (χ2v) is 15.0. The van der Waals surface area contributed by atoms with Gasteiger partial charge in [0.05, 0.1) is 27.6 Å². The summed E-state index contributed by atoms with van der Waals surface area (Å²) in [6.07, 6.45) is 0. The first-order valence-electron chi connectivity index (χ1n) is 21.9. The third kappa shape index (κ3) is 5.36. The molecule has 0 aliphatic rings. The summed E-state index contributed by atoms with van der Waals surface area (Å²) in [5.41, 5.74) is 8.79. The minimum absolute atomic E-state index is 0.122. The molecule has 12 rings (SSSR count). The Labute approximate surface area is 346 Å². The number of hydrogen-bond donors (Lipinski definition) is 0. The van der Waals surface area contributed by atoms with Crippen LogP contribution in [0.1, 0.15) is 5.48 Å². The third-order valence-corrected chi connectivity index (χ3v) is 11.6. The van der Waals surface area contributed by atoms with Crippen molar-refractivity contribution in [2.75, 3.05) is 4.90 Å². The van der Waals surface area contributed by atoms with E-state index in [0.717, 1.165) is 71.1 Å². The zero-order valence-corrected chi connectivity index (χ0v) is 31.8. The number of para-hydroxylation sites is 2. The first-order chi connectivity index (χ1) is 30.9. The van der Waals surface area contributed by atoms with Crippen molar-refractivity contribution in [3.8, 4) is 27.9 Å². The van der Waals surface area contributed by atoms with Gasteiger partial charge in [0.2, 0.25) is 0 Å².